The predicted molar refractivity (Wildman–Crippen MR) is 97.9 cm³/mol. The maximum absolute atomic E-state index is 12.1. The Bertz CT molecular complexity index is 788. The maximum atomic E-state index is 12.1. The van der Waals surface area contributed by atoms with Crippen LogP contribution in [0, 0.1) is 0 Å². The van der Waals surface area contributed by atoms with Crippen LogP contribution in [-0.4, -0.2) is 31.4 Å². The summed E-state index contributed by atoms with van der Waals surface area (Å²) in [6.45, 7) is -0.239. The van der Waals surface area contributed by atoms with Crippen molar-refractivity contribution in [1.82, 2.24) is 5.32 Å². The van der Waals surface area contributed by atoms with Crippen LogP contribution in [0.5, 0.6) is 5.75 Å². The molecular weight excluding hydrogens is 334 g/mol. The van der Waals surface area contributed by atoms with Crippen LogP contribution < -0.4 is 21.1 Å². The minimum Gasteiger partial charge on any atom is -0.497 e. The average molecular weight is 355 g/mol. The number of amides is 3. The molecule has 26 heavy (non-hydrogen) atoms. The van der Waals surface area contributed by atoms with E-state index in [0.717, 1.165) is 11.3 Å². The van der Waals surface area contributed by atoms with Crippen molar-refractivity contribution in [2.45, 2.75) is 12.8 Å². The Labute approximate surface area is 151 Å². The first-order valence-electron chi connectivity index (χ1n) is 8.07. The molecular formula is C19H21N3O4. The molecule has 0 atom stereocenters. The Morgan fingerprint density at radius 2 is 1.81 bits per heavy atom. The zero-order chi connectivity index (χ0) is 18.9. The number of carbonyl (C=O) groups excluding carboxylic acids is 3. The van der Waals surface area contributed by atoms with Crippen LogP contribution in [0.15, 0.2) is 48.5 Å². The van der Waals surface area contributed by atoms with Gasteiger partial charge in [-0.2, -0.15) is 0 Å². The van der Waals surface area contributed by atoms with Gasteiger partial charge in [-0.05, 0) is 42.3 Å². The molecule has 7 heteroatoms. The molecule has 7 nitrogen and oxygen atoms in total. The van der Waals surface area contributed by atoms with Gasteiger partial charge in [-0.15, -0.1) is 0 Å². The summed E-state index contributed by atoms with van der Waals surface area (Å²) >= 11 is 0. The lowest BCUT2D eigenvalue weighted by Gasteiger charge is -2.08. The van der Waals surface area contributed by atoms with Gasteiger partial charge in [0.1, 0.15) is 5.75 Å². The first-order chi connectivity index (χ1) is 12.5. The summed E-state index contributed by atoms with van der Waals surface area (Å²) in [6.07, 6.45) is 0.902. The number of hydrogen-bond donors (Lipinski definition) is 3. The van der Waals surface area contributed by atoms with Gasteiger partial charge in [-0.1, -0.05) is 18.2 Å². The molecule has 0 aliphatic rings. The first-order valence-corrected chi connectivity index (χ1v) is 8.07. The number of carbonyl (C=O) groups is 3. The molecule has 0 saturated carbocycles. The molecule has 0 saturated heterocycles. The molecule has 0 fully saturated rings. The van der Waals surface area contributed by atoms with Crippen molar-refractivity contribution in [3.8, 4) is 5.75 Å². The number of methoxy groups -OCH3 is 1. The zero-order valence-electron chi connectivity index (χ0n) is 14.5. The van der Waals surface area contributed by atoms with Gasteiger partial charge >= 0.3 is 0 Å². The highest BCUT2D eigenvalue weighted by molar-refractivity contribution is 5.98. The predicted octanol–water partition coefficient (Wildman–Crippen LogP) is 1.48. The van der Waals surface area contributed by atoms with E-state index in [1.807, 2.05) is 24.3 Å². The summed E-state index contributed by atoms with van der Waals surface area (Å²) in [5, 5.41) is 5.16. The third-order valence-corrected chi connectivity index (χ3v) is 3.63. The summed E-state index contributed by atoms with van der Waals surface area (Å²) in [7, 11) is 1.60. The number of nitrogens with one attached hydrogen (secondary N) is 2. The highest BCUT2D eigenvalue weighted by Crippen LogP contribution is 2.14. The summed E-state index contributed by atoms with van der Waals surface area (Å²) < 4.78 is 5.10. The molecule has 0 spiro atoms. The van der Waals surface area contributed by atoms with Crippen LogP contribution >= 0.6 is 0 Å². The van der Waals surface area contributed by atoms with Gasteiger partial charge < -0.3 is 21.1 Å². The molecule has 4 N–H and O–H groups in total. The van der Waals surface area contributed by atoms with Crippen LogP contribution in [0.1, 0.15) is 22.3 Å². The Morgan fingerprint density at radius 1 is 1.08 bits per heavy atom. The lowest BCUT2D eigenvalue weighted by molar-refractivity contribution is -0.117. The topological polar surface area (TPSA) is 111 Å². The summed E-state index contributed by atoms with van der Waals surface area (Å²) in [6, 6.07) is 14.0. The largest absolute Gasteiger partial charge is 0.497 e. The second-order valence-corrected chi connectivity index (χ2v) is 5.63. The molecule has 2 rings (SSSR count). The SMILES string of the molecule is COc1ccc(CCC(=O)Nc2cccc(C(=O)NCC(N)=O)c2)cc1. The molecule has 0 radical (unpaired) electrons. The second kappa shape index (κ2) is 9.22. The summed E-state index contributed by atoms with van der Waals surface area (Å²) in [5.41, 5.74) is 6.87. The second-order valence-electron chi connectivity index (χ2n) is 5.63. The molecule has 0 unspecified atom stereocenters. The monoisotopic (exact) mass is 355 g/mol. The summed E-state index contributed by atoms with van der Waals surface area (Å²) in [4.78, 5) is 34.7. The fourth-order valence-corrected chi connectivity index (χ4v) is 2.28. The van der Waals surface area contributed by atoms with Gasteiger partial charge in [0.15, 0.2) is 0 Å². The minimum atomic E-state index is -0.624. The highest BCUT2D eigenvalue weighted by atomic mass is 16.5. The van der Waals surface area contributed by atoms with Gasteiger partial charge in [-0.3, -0.25) is 14.4 Å². The van der Waals surface area contributed by atoms with Crippen LogP contribution in [0.25, 0.3) is 0 Å². The maximum Gasteiger partial charge on any atom is 0.251 e. The summed E-state index contributed by atoms with van der Waals surface area (Å²) in [5.74, 6) is -0.445. The fourth-order valence-electron chi connectivity index (χ4n) is 2.28. The van der Waals surface area contributed by atoms with Crippen LogP contribution in [0.4, 0.5) is 5.69 Å². The Balaban J connectivity index is 1.88. The molecule has 3 amide bonds. The van der Waals surface area contributed by atoms with Crippen molar-refractivity contribution in [3.63, 3.8) is 0 Å². The van der Waals surface area contributed by atoms with Gasteiger partial charge in [0.2, 0.25) is 11.8 Å². The third-order valence-electron chi connectivity index (χ3n) is 3.63. The molecule has 0 bridgehead atoms. The smallest absolute Gasteiger partial charge is 0.251 e. The normalized spacial score (nSPS) is 10.0. The molecule has 2 aromatic carbocycles. The highest BCUT2D eigenvalue weighted by Gasteiger charge is 2.09. The minimum absolute atomic E-state index is 0.157. The van der Waals surface area contributed by atoms with E-state index in [9.17, 15) is 14.4 Å². The first kappa shape index (κ1) is 19.0. The van der Waals surface area contributed by atoms with E-state index in [-0.39, 0.29) is 12.5 Å². The molecule has 2 aromatic rings. The van der Waals surface area contributed by atoms with Gasteiger partial charge in [0.25, 0.3) is 5.91 Å². The number of aryl methyl sites for hydroxylation is 1. The Morgan fingerprint density at radius 3 is 2.46 bits per heavy atom. The third kappa shape index (κ3) is 5.94. The number of ether oxygens (including phenoxy) is 1. The average Bonchev–Trinajstić information content (AvgIpc) is 2.65. The number of nitrogens with two attached hydrogens (primary N) is 1. The van der Waals surface area contributed by atoms with Crippen molar-refractivity contribution in [2.24, 2.45) is 5.73 Å². The Hall–Kier alpha value is -3.35. The van der Waals surface area contributed by atoms with Crippen molar-refractivity contribution < 1.29 is 19.1 Å². The molecule has 0 aliphatic carbocycles. The van der Waals surface area contributed by atoms with Crippen molar-refractivity contribution in [2.75, 3.05) is 19.0 Å². The number of rotatable bonds is 8. The lowest BCUT2D eigenvalue weighted by Crippen LogP contribution is -2.33. The van der Waals surface area contributed by atoms with Crippen molar-refractivity contribution >= 4 is 23.4 Å². The van der Waals surface area contributed by atoms with E-state index in [1.165, 1.54) is 0 Å². The van der Waals surface area contributed by atoms with Crippen LogP contribution in [-0.2, 0) is 16.0 Å². The Kier molecular flexibility index (Phi) is 6.73. The molecule has 0 aromatic heterocycles. The number of hydrogen-bond acceptors (Lipinski definition) is 4. The van der Waals surface area contributed by atoms with E-state index in [2.05, 4.69) is 10.6 Å². The van der Waals surface area contributed by atoms with E-state index >= 15 is 0 Å². The van der Waals surface area contributed by atoms with Crippen molar-refractivity contribution in [1.29, 1.82) is 0 Å². The van der Waals surface area contributed by atoms with Crippen LogP contribution in [0.2, 0.25) is 0 Å². The van der Waals surface area contributed by atoms with E-state index in [4.69, 9.17) is 10.5 Å². The van der Waals surface area contributed by atoms with E-state index < -0.39 is 11.8 Å². The standard InChI is InChI=1S/C19H21N3O4/c1-26-16-8-5-13(6-9-16)7-10-18(24)22-15-4-2-3-14(11-15)19(25)21-12-17(20)23/h2-6,8-9,11H,7,10,12H2,1H3,(H2,20,23)(H,21,25)(H,22,24). The van der Waals surface area contributed by atoms with Gasteiger partial charge in [-0.25, -0.2) is 0 Å². The number of benzene rings is 2. The number of primary amides is 1. The molecule has 0 aliphatic heterocycles. The van der Waals surface area contributed by atoms with Gasteiger partial charge in [0.05, 0.1) is 13.7 Å². The van der Waals surface area contributed by atoms with Crippen LogP contribution in [0.3, 0.4) is 0 Å². The lowest BCUT2D eigenvalue weighted by atomic mass is 10.1. The number of anilines is 1. The zero-order valence-corrected chi connectivity index (χ0v) is 14.5. The fraction of sp³-hybridized carbons (Fsp3) is 0.211. The van der Waals surface area contributed by atoms with E-state index in [1.54, 1.807) is 31.4 Å². The quantitative estimate of drug-likeness (QED) is 0.666. The molecule has 0 heterocycles. The van der Waals surface area contributed by atoms with Gasteiger partial charge in [0, 0.05) is 17.7 Å². The molecule has 136 valence electrons. The van der Waals surface area contributed by atoms with Crippen molar-refractivity contribution in [3.05, 3.63) is 59.7 Å². The van der Waals surface area contributed by atoms with E-state index in [0.29, 0.717) is 24.1 Å².